The van der Waals surface area contributed by atoms with E-state index in [9.17, 15) is 14.4 Å². The fourth-order valence-electron chi connectivity index (χ4n) is 1.84. The first kappa shape index (κ1) is 19.1. The Hall–Kier alpha value is -2.19. The van der Waals surface area contributed by atoms with Crippen molar-refractivity contribution in [3.8, 4) is 5.75 Å². The largest absolute Gasteiger partial charge is 0.437 e. The minimum absolute atomic E-state index is 0.0153. The van der Waals surface area contributed by atoms with Crippen LogP contribution < -0.4 is 10.1 Å². The van der Waals surface area contributed by atoms with Crippen molar-refractivity contribution < 1.29 is 23.9 Å². The van der Waals surface area contributed by atoms with E-state index in [2.05, 4.69) is 37.2 Å². The van der Waals surface area contributed by atoms with Gasteiger partial charge in [0.25, 0.3) is 5.91 Å². The van der Waals surface area contributed by atoms with Crippen LogP contribution in [0.4, 0.5) is 5.69 Å². The average molecular weight is 471 g/mol. The van der Waals surface area contributed by atoms with Crippen molar-refractivity contribution >= 4 is 55.4 Å². The van der Waals surface area contributed by atoms with Gasteiger partial charge in [-0.15, -0.1) is 0 Å². The van der Waals surface area contributed by atoms with Crippen molar-refractivity contribution in [2.24, 2.45) is 0 Å². The van der Waals surface area contributed by atoms with Crippen molar-refractivity contribution in [1.82, 2.24) is 0 Å². The van der Waals surface area contributed by atoms with Gasteiger partial charge in [0.2, 0.25) is 5.01 Å². The number of carbonyl (C=O) groups excluding carboxylic acids is 3. The van der Waals surface area contributed by atoms with Gasteiger partial charge in [0.15, 0.2) is 0 Å². The zero-order chi connectivity index (χ0) is 18.4. The second-order valence-electron chi connectivity index (χ2n) is 4.81. The van der Waals surface area contributed by atoms with Gasteiger partial charge in [-0.05, 0) is 46.3 Å². The van der Waals surface area contributed by atoms with Crippen molar-refractivity contribution in [3.63, 3.8) is 0 Å². The molecule has 0 saturated carbocycles. The molecule has 2 aromatic carbocycles. The van der Waals surface area contributed by atoms with Crippen LogP contribution >= 0.6 is 31.9 Å². The van der Waals surface area contributed by atoms with Crippen molar-refractivity contribution in [2.45, 2.75) is 11.9 Å². The van der Waals surface area contributed by atoms with Crippen LogP contribution in [0.5, 0.6) is 5.75 Å². The molecule has 0 bridgehead atoms. The Kier molecular flexibility index (Phi) is 6.72. The van der Waals surface area contributed by atoms with E-state index in [1.165, 1.54) is 19.1 Å². The van der Waals surface area contributed by atoms with Crippen molar-refractivity contribution in [1.29, 1.82) is 0 Å². The molecule has 1 amide bonds. The summed E-state index contributed by atoms with van der Waals surface area (Å²) in [4.78, 5) is 35.5. The van der Waals surface area contributed by atoms with E-state index in [0.29, 0.717) is 10.2 Å². The molecule has 0 fully saturated rings. The molecule has 0 aliphatic rings. The van der Waals surface area contributed by atoms with Crippen LogP contribution in [-0.4, -0.2) is 22.9 Å². The van der Waals surface area contributed by atoms with Gasteiger partial charge >= 0.3 is 11.9 Å². The molecule has 1 N–H and O–H groups in total. The van der Waals surface area contributed by atoms with Crippen LogP contribution in [0.3, 0.4) is 0 Å². The zero-order valence-corrected chi connectivity index (χ0v) is 16.2. The molecule has 8 heteroatoms. The second-order valence-corrected chi connectivity index (χ2v) is 6.56. The first-order valence-electron chi connectivity index (χ1n) is 7.06. The van der Waals surface area contributed by atoms with E-state index in [1.807, 2.05) is 6.07 Å². The van der Waals surface area contributed by atoms with Crippen LogP contribution in [0.15, 0.2) is 53.0 Å². The predicted molar refractivity (Wildman–Crippen MR) is 98.7 cm³/mol. The molecule has 1 unspecified atom stereocenters. The lowest BCUT2D eigenvalue weighted by molar-refractivity contribution is -0.132. The van der Waals surface area contributed by atoms with Gasteiger partial charge in [0, 0.05) is 17.1 Å². The molecule has 1 atom stereocenters. The van der Waals surface area contributed by atoms with Gasteiger partial charge in [0.1, 0.15) is 11.3 Å². The minimum atomic E-state index is -1.22. The monoisotopic (exact) mass is 469 g/mol. The number of amides is 1. The van der Waals surface area contributed by atoms with E-state index in [0.717, 1.165) is 0 Å². The lowest BCUT2D eigenvalue weighted by Crippen LogP contribution is -2.28. The third-order valence-corrected chi connectivity index (χ3v) is 3.97. The fourth-order valence-corrected chi connectivity index (χ4v) is 2.48. The Bertz CT molecular complexity index is 795. The predicted octanol–water partition coefficient (Wildman–Crippen LogP) is 3.89. The summed E-state index contributed by atoms with van der Waals surface area (Å²) >= 11 is 6.25. The lowest BCUT2D eigenvalue weighted by atomic mass is 10.2. The summed E-state index contributed by atoms with van der Waals surface area (Å²) in [5.41, 5.74) is 0.581. The van der Waals surface area contributed by atoms with E-state index in [-0.39, 0.29) is 11.3 Å². The number of para-hydroxylation sites is 1. The van der Waals surface area contributed by atoms with Crippen LogP contribution in [0.25, 0.3) is 0 Å². The highest BCUT2D eigenvalue weighted by molar-refractivity contribution is 9.10. The maximum Gasteiger partial charge on any atom is 0.343 e. The van der Waals surface area contributed by atoms with Crippen LogP contribution in [-0.2, 0) is 14.3 Å². The van der Waals surface area contributed by atoms with Gasteiger partial charge in [-0.3, -0.25) is 9.59 Å². The summed E-state index contributed by atoms with van der Waals surface area (Å²) in [6.07, 6.45) is 0. The van der Waals surface area contributed by atoms with E-state index in [1.54, 1.807) is 30.3 Å². The Morgan fingerprint density at radius 1 is 1.08 bits per heavy atom. The van der Waals surface area contributed by atoms with E-state index < -0.39 is 22.9 Å². The molecule has 2 rings (SSSR count). The summed E-state index contributed by atoms with van der Waals surface area (Å²) in [5.74, 6) is -1.90. The molecule has 0 aromatic heterocycles. The van der Waals surface area contributed by atoms with Gasteiger partial charge in [0.05, 0.1) is 0 Å². The third kappa shape index (κ3) is 5.68. The smallest absolute Gasteiger partial charge is 0.343 e. The summed E-state index contributed by atoms with van der Waals surface area (Å²) in [7, 11) is 0. The molecule has 0 aliphatic carbocycles. The number of hydrogen-bond acceptors (Lipinski definition) is 5. The molecule has 25 heavy (non-hydrogen) atoms. The maximum absolute atomic E-state index is 12.3. The number of hydrogen-bond donors (Lipinski definition) is 1. The quantitative estimate of drug-likeness (QED) is 0.407. The first-order valence-corrected chi connectivity index (χ1v) is 8.76. The second kappa shape index (κ2) is 8.77. The number of rotatable bonds is 5. The molecule has 0 spiro atoms. The Morgan fingerprint density at radius 3 is 2.40 bits per heavy atom. The van der Waals surface area contributed by atoms with Crippen LogP contribution in [0.1, 0.15) is 17.3 Å². The lowest BCUT2D eigenvalue weighted by Gasteiger charge is -2.14. The number of benzene rings is 2. The molecule has 0 heterocycles. The standard InChI is InChI=1S/C17H13Br2NO5/c1-10(21)24-14-8-7-11(18)9-13(14)17(23)25-15(19)16(22)20-12-5-3-2-4-6-12/h2-9,15H,1H3,(H,20,22). The molecule has 0 radical (unpaired) electrons. The number of nitrogens with one attached hydrogen (secondary N) is 1. The van der Waals surface area contributed by atoms with Gasteiger partial charge in [-0.2, -0.15) is 0 Å². The van der Waals surface area contributed by atoms with E-state index in [4.69, 9.17) is 9.47 Å². The SMILES string of the molecule is CC(=O)Oc1ccc(Br)cc1C(=O)OC(Br)C(=O)Nc1ccccc1. The number of halogens is 2. The maximum atomic E-state index is 12.3. The number of alkyl halides is 1. The minimum Gasteiger partial charge on any atom is -0.437 e. The molecular weight excluding hydrogens is 458 g/mol. The highest BCUT2D eigenvalue weighted by atomic mass is 79.9. The zero-order valence-electron chi connectivity index (χ0n) is 13.0. The normalized spacial score (nSPS) is 11.3. The highest BCUT2D eigenvalue weighted by Gasteiger charge is 2.23. The Balaban J connectivity index is 2.09. The average Bonchev–Trinajstić information content (AvgIpc) is 2.56. The molecule has 6 nitrogen and oxygen atoms in total. The molecule has 0 saturated heterocycles. The Labute approximate surface area is 160 Å². The third-order valence-electron chi connectivity index (χ3n) is 2.87. The van der Waals surface area contributed by atoms with Gasteiger partial charge in [-0.25, -0.2) is 4.79 Å². The number of ether oxygens (including phenoxy) is 2. The topological polar surface area (TPSA) is 81.7 Å². The number of esters is 2. The van der Waals surface area contributed by atoms with Crippen LogP contribution in [0.2, 0.25) is 0 Å². The van der Waals surface area contributed by atoms with Crippen LogP contribution in [0, 0.1) is 0 Å². The first-order chi connectivity index (χ1) is 11.9. The van der Waals surface area contributed by atoms with E-state index >= 15 is 0 Å². The highest BCUT2D eigenvalue weighted by Crippen LogP contribution is 2.25. The summed E-state index contributed by atoms with van der Waals surface area (Å²) < 4.78 is 10.7. The summed E-state index contributed by atoms with van der Waals surface area (Å²) in [5, 5.41) is 1.38. The molecular formula is C17H13Br2NO5. The number of carbonyl (C=O) groups is 3. The summed E-state index contributed by atoms with van der Waals surface area (Å²) in [6.45, 7) is 1.22. The fraction of sp³-hybridized carbons (Fsp3) is 0.118. The molecule has 130 valence electrons. The summed E-state index contributed by atoms with van der Waals surface area (Å²) in [6, 6.07) is 13.2. The van der Waals surface area contributed by atoms with Crippen molar-refractivity contribution in [2.75, 3.05) is 5.32 Å². The van der Waals surface area contributed by atoms with Gasteiger partial charge in [-0.1, -0.05) is 34.1 Å². The van der Waals surface area contributed by atoms with Crippen molar-refractivity contribution in [3.05, 3.63) is 58.6 Å². The Morgan fingerprint density at radius 2 is 1.76 bits per heavy atom. The molecule has 2 aromatic rings. The number of anilines is 1. The molecule has 0 aliphatic heterocycles. The van der Waals surface area contributed by atoms with Gasteiger partial charge < -0.3 is 14.8 Å².